The second-order valence-corrected chi connectivity index (χ2v) is 6.32. The first kappa shape index (κ1) is 17.1. The van der Waals surface area contributed by atoms with Crippen molar-refractivity contribution in [3.63, 3.8) is 0 Å². The first-order valence-corrected chi connectivity index (χ1v) is 8.45. The monoisotopic (exact) mass is 354 g/mol. The lowest BCUT2D eigenvalue weighted by Gasteiger charge is -2.16. The molecule has 3 rings (SSSR count). The highest BCUT2D eigenvalue weighted by molar-refractivity contribution is 7.94. The Morgan fingerprint density at radius 3 is 2.72 bits per heavy atom. The largest absolute Gasteiger partial charge is 0.399 e. The smallest absolute Gasteiger partial charge is 0.396 e. The normalized spacial score (nSPS) is 10.5. The summed E-state index contributed by atoms with van der Waals surface area (Å²) < 4.78 is 5.09. The highest BCUT2D eigenvalue weighted by Crippen LogP contribution is 2.25. The van der Waals surface area contributed by atoms with Gasteiger partial charge >= 0.3 is 5.95 Å². The van der Waals surface area contributed by atoms with Crippen LogP contribution >= 0.6 is 12.0 Å². The molecule has 0 saturated heterocycles. The van der Waals surface area contributed by atoms with E-state index in [0.717, 1.165) is 27.8 Å². The number of benzene rings is 2. The summed E-state index contributed by atoms with van der Waals surface area (Å²) in [6.07, 6.45) is 1.85. The highest BCUT2D eigenvalue weighted by Gasteiger charge is 2.13. The summed E-state index contributed by atoms with van der Waals surface area (Å²) in [7, 11) is 3.62. The lowest BCUT2D eigenvalue weighted by Crippen LogP contribution is -2.17. The van der Waals surface area contributed by atoms with Crippen molar-refractivity contribution >= 4 is 40.9 Å². The number of hydrogen-bond acceptors (Lipinski definition) is 6. The van der Waals surface area contributed by atoms with Gasteiger partial charge in [-0.05, 0) is 42.5 Å². The van der Waals surface area contributed by atoms with Crippen molar-refractivity contribution in [1.82, 2.24) is 4.98 Å². The van der Waals surface area contributed by atoms with Gasteiger partial charge in [-0.1, -0.05) is 11.1 Å². The molecule has 0 aliphatic heterocycles. The van der Waals surface area contributed by atoms with Crippen LogP contribution in [0.4, 0.5) is 28.8 Å². The second-order valence-electron chi connectivity index (χ2n) is 5.35. The van der Waals surface area contributed by atoms with Crippen molar-refractivity contribution in [2.45, 2.75) is 4.90 Å². The molecule has 0 saturated carbocycles. The van der Waals surface area contributed by atoms with Crippen LogP contribution in [-0.2, 0) is 4.18 Å². The van der Waals surface area contributed by atoms with Crippen LogP contribution in [0.5, 0.6) is 0 Å². The fourth-order valence-corrected chi connectivity index (χ4v) is 2.82. The zero-order chi connectivity index (χ0) is 17.6. The Morgan fingerprint density at radius 2 is 1.96 bits per heavy atom. The third-order valence-electron chi connectivity index (χ3n) is 3.58. The second kappa shape index (κ2) is 7.87. The van der Waals surface area contributed by atoms with E-state index in [9.17, 15) is 0 Å². The van der Waals surface area contributed by atoms with Crippen LogP contribution in [0.15, 0.2) is 65.7 Å². The molecule has 0 aliphatic carbocycles. The van der Waals surface area contributed by atoms with Crippen molar-refractivity contribution in [3.8, 4) is 0 Å². The van der Waals surface area contributed by atoms with E-state index in [1.165, 1.54) is 12.0 Å². The highest BCUT2D eigenvalue weighted by atomic mass is 32.2. The van der Waals surface area contributed by atoms with E-state index in [-0.39, 0.29) is 0 Å². The number of rotatable bonds is 6. The number of H-pyrrole nitrogens is 1. The third kappa shape index (κ3) is 4.40. The molecule has 0 atom stereocenters. The minimum atomic E-state index is 0.652. The molecule has 0 bridgehead atoms. The molecule has 0 radical (unpaired) electrons. The van der Waals surface area contributed by atoms with E-state index >= 15 is 0 Å². The van der Waals surface area contributed by atoms with Gasteiger partial charge in [-0.3, -0.25) is 0 Å². The molecule has 4 N–H and O–H groups in total. The minimum Gasteiger partial charge on any atom is -0.399 e. The number of aromatic nitrogens is 2. The Morgan fingerprint density at radius 1 is 1.16 bits per heavy atom. The van der Waals surface area contributed by atoms with Crippen LogP contribution < -0.4 is 20.9 Å². The van der Waals surface area contributed by atoms with E-state index in [2.05, 4.69) is 15.3 Å². The maximum atomic E-state index is 5.75. The molecule has 0 unspecified atom stereocenters. The van der Waals surface area contributed by atoms with Crippen molar-refractivity contribution < 1.29 is 9.17 Å². The van der Waals surface area contributed by atoms with Gasteiger partial charge in [0, 0.05) is 41.4 Å². The van der Waals surface area contributed by atoms with Crippen LogP contribution in [0, 0.1) is 0 Å². The molecule has 0 aliphatic rings. The molecule has 128 valence electrons. The summed E-state index contributed by atoms with van der Waals surface area (Å²) in [4.78, 5) is 10.8. The van der Waals surface area contributed by atoms with Gasteiger partial charge < -0.3 is 14.8 Å². The summed E-state index contributed by atoms with van der Waals surface area (Å²) >= 11 is 1.32. The molecule has 25 heavy (non-hydrogen) atoms. The van der Waals surface area contributed by atoms with Crippen molar-refractivity contribution in [1.29, 1.82) is 0 Å². The molecule has 1 heterocycles. The van der Waals surface area contributed by atoms with Gasteiger partial charge in [-0.25, -0.2) is 10.3 Å². The predicted molar refractivity (Wildman–Crippen MR) is 102 cm³/mol. The van der Waals surface area contributed by atoms with Crippen LogP contribution in [0.25, 0.3) is 0 Å². The maximum absolute atomic E-state index is 5.75. The SMILES string of the molecule is COSc1cccc(Nc2nc(N(C)c3ccc(N)cc3)cc[nH+]2)c1. The van der Waals surface area contributed by atoms with Gasteiger partial charge in [0.15, 0.2) is 0 Å². The van der Waals surface area contributed by atoms with Crippen LogP contribution in [-0.4, -0.2) is 19.1 Å². The quantitative estimate of drug-likeness (QED) is 0.520. The lowest BCUT2D eigenvalue weighted by molar-refractivity contribution is -0.364. The number of nitrogens with one attached hydrogen (secondary N) is 2. The molecule has 7 heteroatoms. The topological polar surface area (TPSA) is 77.5 Å². The summed E-state index contributed by atoms with van der Waals surface area (Å²) in [5, 5.41) is 3.28. The Bertz CT molecular complexity index is 841. The molecular weight excluding hydrogens is 334 g/mol. The molecule has 0 fully saturated rings. The van der Waals surface area contributed by atoms with Crippen molar-refractivity contribution in [2.75, 3.05) is 30.1 Å². The predicted octanol–water partition coefficient (Wildman–Crippen LogP) is 3.64. The molecule has 0 spiro atoms. The standard InChI is InChI=1S/C18H19N5OS/c1-23(15-8-6-13(19)7-9-15)17-10-11-20-18(22-17)21-14-4-3-5-16(12-14)25-24-2/h3-12H,19H2,1-2H3,(H,20,21,22)/p+1. The molecule has 0 amide bonds. The summed E-state index contributed by atoms with van der Waals surface area (Å²) in [5.41, 5.74) is 8.43. The molecule has 3 aromatic rings. The Balaban J connectivity index is 1.79. The average Bonchev–Trinajstić information content (AvgIpc) is 2.63. The fourth-order valence-electron chi connectivity index (χ4n) is 2.32. The first-order valence-electron chi connectivity index (χ1n) is 7.71. The van der Waals surface area contributed by atoms with Gasteiger partial charge in [0.25, 0.3) is 0 Å². The lowest BCUT2D eigenvalue weighted by atomic mass is 10.2. The van der Waals surface area contributed by atoms with Crippen LogP contribution in [0.1, 0.15) is 0 Å². The number of nitrogens with zero attached hydrogens (tertiary/aromatic N) is 2. The van der Waals surface area contributed by atoms with Crippen molar-refractivity contribution in [3.05, 3.63) is 60.8 Å². The maximum Gasteiger partial charge on any atom is 0.396 e. The summed E-state index contributed by atoms with van der Waals surface area (Å²) in [6, 6.07) is 17.5. The molecule has 6 nitrogen and oxygen atoms in total. The number of nitrogen functional groups attached to an aromatic ring is 1. The van der Waals surface area contributed by atoms with Gasteiger partial charge in [0.2, 0.25) is 5.82 Å². The van der Waals surface area contributed by atoms with E-state index in [4.69, 9.17) is 9.92 Å². The summed E-state index contributed by atoms with van der Waals surface area (Å²) in [5.74, 6) is 1.47. The Labute approximate surface area is 151 Å². The van der Waals surface area contributed by atoms with Gasteiger partial charge in [-0.15, -0.1) is 0 Å². The Kier molecular flexibility index (Phi) is 5.37. The number of anilines is 5. The first-order chi connectivity index (χ1) is 12.2. The number of nitrogens with two attached hydrogens (primary N) is 1. The average molecular weight is 354 g/mol. The van der Waals surface area contributed by atoms with E-state index < -0.39 is 0 Å². The number of aromatic amines is 1. The Hall–Kier alpha value is -2.77. The fraction of sp³-hybridized carbons (Fsp3) is 0.111. The zero-order valence-electron chi connectivity index (χ0n) is 14.1. The van der Waals surface area contributed by atoms with E-state index in [1.54, 1.807) is 7.11 Å². The van der Waals surface area contributed by atoms with Gasteiger partial charge in [-0.2, -0.15) is 0 Å². The molecule has 2 aromatic carbocycles. The van der Waals surface area contributed by atoms with Crippen molar-refractivity contribution in [2.24, 2.45) is 0 Å². The molecular formula is C18H20N5OS+. The zero-order valence-corrected chi connectivity index (χ0v) is 14.9. The third-order valence-corrected chi connectivity index (χ3v) is 4.19. The van der Waals surface area contributed by atoms with Crippen LogP contribution in [0.2, 0.25) is 0 Å². The van der Waals surface area contributed by atoms with Gasteiger partial charge in [0.1, 0.15) is 5.69 Å². The van der Waals surface area contributed by atoms with Gasteiger partial charge in [0.05, 0.1) is 13.3 Å². The van der Waals surface area contributed by atoms with E-state index in [1.807, 2.05) is 72.7 Å². The van der Waals surface area contributed by atoms with Crippen LogP contribution in [0.3, 0.4) is 0 Å². The minimum absolute atomic E-state index is 0.652. The summed E-state index contributed by atoms with van der Waals surface area (Å²) in [6.45, 7) is 0. The number of hydrogen-bond donors (Lipinski definition) is 2. The van der Waals surface area contributed by atoms with E-state index in [0.29, 0.717) is 5.95 Å². The molecule has 1 aromatic heterocycles.